The highest BCUT2D eigenvalue weighted by Gasteiger charge is 2.23. The number of halogens is 1. The maximum atomic E-state index is 12.2. The van der Waals surface area contributed by atoms with Gasteiger partial charge in [-0.25, -0.2) is 13.1 Å². The molecule has 1 aliphatic carbocycles. The predicted molar refractivity (Wildman–Crippen MR) is 83.4 cm³/mol. The van der Waals surface area contributed by atoms with E-state index in [1.807, 2.05) is 19.1 Å². The Balaban J connectivity index is 1.94. The lowest BCUT2D eigenvalue weighted by molar-refractivity contribution is 0.383. The number of sulfonamides is 1. The van der Waals surface area contributed by atoms with Gasteiger partial charge >= 0.3 is 0 Å². The first-order chi connectivity index (χ1) is 9.46. The lowest BCUT2D eigenvalue weighted by atomic mass is 9.91. The van der Waals surface area contributed by atoms with Crippen LogP contribution in [-0.4, -0.2) is 14.2 Å². The van der Waals surface area contributed by atoms with Gasteiger partial charge in [-0.2, -0.15) is 0 Å². The molecule has 1 saturated carbocycles. The van der Waals surface area contributed by atoms with Gasteiger partial charge in [0.15, 0.2) is 0 Å². The first-order valence-electron chi connectivity index (χ1n) is 7.22. The van der Waals surface area contributed by atoms with E-state index in [4.69, 9.17) is 11.6 Å². The summed E-state index contributed by atoms with van der Waals surface area (Å²) in [7, 11) is -3.22. The predicted octanol–water partition coefficient (Wildman–Crippen LogP) is 3.90. The van der Waals surface area contributed by atoms with Crippen molar-refractivity contribution in [2.24, 2.45) is 5.92 Å². The van der Waals surface area contributed by atoms with Crippen molar-refractivity contribution >= 4 is 21.6 Å². The average molecular weight is 316 g/mol. The molecule has 1 atom stereocenters. The monoisotopic (exact) mass is 315 g/mol. The van der Waals surface area contributed by atoms with E-state index in [0.717, 1.165) is 31.2 Å². The van der Waals surface area contributed by atoms with Crippen molar-refractivity contribution in [3.8, 4) is 0 Å². The zero-order valence-corrected chi connectivity index (χ0v) is 13.4. The molecular formula is C15H22ClNO2S. The number of hydrogen-bond donors (Lipinski definition) is 1. The first-order valence-corrected chi connectivity index (χ1v) is 9.25. The molecule has 0 bridgehead atoms. The summed E-state index contributed by atoms with van der Waals surface area (Å²) in [4.78, 5) is 0. The molecule has 1 aromatic rings. The zero-order chi connectivity index (χ0) is 14.6. The van der Waals surface area contributed by atoms with E-state index in [1.54, 1.807) is 12.1 Å². The maximum Gasteiger partial charge on any atom is 0.212 e. The van der Waals surface area contributed by atoms with E-state index in [9.17, 15) is 8.42 Å². The molecule has 0 spiro atoms. The van der Waals surface area contributed by atoms with Crippen LogP contribution in [0.3, 0.4) is 0 Å². The Kier molecular flexibility index (Phi) is 5.47. The van der Waals surface area contributed by atoms with Crippen LogP contribution in [0.15, 0.2) is 24.3 Å². The van der Waals surface area contributed by atoms with Crippen LogP contribution in [0.1, 0.15) is 50.6 Å². The highest BCUT2D eigenvalue weighted by atomic mass is 35.5. The maximum absolute atomic E-state index is 12.2. The third kappa shape index (κ3) is 4.76. The summed E-state index contributed by atoms with van der Waals surface area (Å²) in [5.41, 5.74) is 0.932. The van der Waals surface area contributed by atoms with Crippen molar-refractivity contribution in [3.05, 3.63) is 34.9 Å². The molecule has 0 heterocycles. The number of nitrogens with one attached hydrogen (secondary N) is 1. The molecular weight excluding hydrogens is 294 g/mol. The van der Waals surface area contributed by atoms with Crippen molar-refractivity contribution in [1.82, 2.24) is 4.72 Å². The van der Waals surface area contributed by atoms with Crippen molar-refractivity contribution in [2.75, 3.05) is 5.75 Å². The highest BCUT2D eigenvalue weighted by Crippen LogP contribution is 2.25. The molecule has 112 valence electrons. The SMILES string of the molecule is C[C@@H](NS(=O)(=O)CC1CCCCC1)c1ccc(Cl)cc1. The van der Waals surface area contributed by atoms with Gasteiger partial charge in [0.05, 0.1) is 5.75 Å². The highest BCUT2D eigenvalue weighted by molar-refractivity contribution is 7.89. The van der Waals surface area contributed by atoms with Crippen LogP contribution in [0.4, 0.5) is 0 Å². The molecule has 0 aromatic heterocycles. The Morgan fingerprint density at radius 1 is 1.20 bits per heavy atom. The van der Waals surface area contributed by atoms with E-state index < -0.39 is 10.0 Å². The topological polar surface area (TPSA) is 46.2 Å². The second-order valence-electron chi connectivity index (χ2n) is 5.68. The van der Waals surface area contributed by atoms with Crippen molar-refractivity contribution in [3.63, 3.8) is 0 Å². The fourth-order valence-corrected chi connectivity index (χ4v) is 4.65. The quantitative estimate of drug-likeness (QED) is 0.895. The van der Waals surface area contributed by atoms with Crippen LogP contribution >= 0.6 is 11.6 Å². The van der Waals surface area contributed by atoms with Crippen molar-refractivity contribution < 1.29 is 8.42 Å². The van der Waals surface area contributed by atoms with Gasteiger partial charge in [-0.05, 0) is 43.4 Å². The van der Waals surface area contributed by atoms with E-state index in [2.05, 4.69) is 4.72 Å². The number of rotatable bonds is 5. The Bertz CT molecular complexity index is 521. The Morgan fingerprint density at radius 2 is 1.80 bits per heavy atom. The minimum atomic E-state index is -3.22. The molecule has 1 aromatic carbocycles. The molecule has 3 nitrogen and oxygen atoms in total. The third-order valence-corrected chi connectivity index (χ3v) is 5.78. The molecule has 0 saturated heterocycles. The molecule has 0 radical (unpaired) electrons. The molecule has 0 unspecified atom stereocenters. The van der Waals surface area contributed by atoms with Gasteiger partial charge in [0.1, 0.15) is 0 Å². The molecule has 1 N–H and O–H groups in total. The lowest BCUT2D eigenvalue weighted by Crippen LogP contribution is -2.32. The molecule has 5 heteroatoms. The molecule has 20 heavy (non-hydrogen) atoms. The van der Waals surface area contributed by atoms with Crippen LogP contribution in [0.25, 0.3) is 0 Å². The van der Waals surface area contributed by atoms with Gasteiger partial charge in [-0.3, -0.25) is 0 Å². The zero-order valence-electron chi connectivity index (χ0n) is 11.8. The van der Waals surface area contributed by atoms with E-state index in [-0.39, 0.29) is 11.8 Å². The average Bonchev–Trinajstić information content (AvgIpc) is 2.39. The van der Waals surface area contributed by atoms with Crippen LogP contribution in [-0.2, 0) is 10.0 Å². The first kappa shape index (κ1) is 15.8. The second kappa shape index (κ2) is 6.92. The van der Waals surface area contributed by atoms with Gasteiger partial charge < -0.3 is 0 Å². The fraction of sp³-hybridized carbons (Fsp3) is 0.600. The Labute approximate surface area is 126 Å². The summed E-state index contributed by atoms with van der Waals surface area (Å²) in [5.74, 6) is 0.573. The summed E-state index contributed by atoms with van der Waals surface area (Å²) in [6.07, 6.45) is 5.64. The second-order valence-corrected chi connectivity index (χ2v) is 7.91. The van der Waals surface area contributed by atoms with Crippen LogP contribution in [0.2, 0.25) is 5.02 Å². The van der Waals surface area contributed by atoms with Gasteiger partial charge in [0, 0.05) is 11.1 Å². The molecule has 1 aliphatic rings. The summed E-state index contributed by atoms with van der Waals surface area (Å²) in [5, 5.41) is 0.658. The van der Waals surface area contributed by atoms with Crippen molar-refractivity contribution in [1.29, 1.82) is 0 Å². The molecule has 0 amide bonds. The summed E-state index contributed by atoms with van der Waals surface area (Å²) < 4.78 is 27.2. The summed E-state index contributed by atoms with van der Waals surface area (Å²) in [6, 6.07) is 7.05. The van der Waals surface area contributed by atoms with Gasteiger partial charge in [-0.15, -0.1) is 0 Å². The van der Waals surface area contributed by atoms with Crippen LogP contribution in [0.5, 0.6) is 0 Å². The smallest absolute Gasteiger partial charge is 0.212 e. The minimum absolute atomic E-state index is 0.221. The molecule has 2 rings (SSSR count). The van der Waals surface area contributed by atoms with E-state index in [1.165, 1.54) is 6.42 Å². The normalized spacial score (nSPS) is 18.9. The van der Waals surface area contributed by atoms with Crippen molar-refractivity contribution in [2.45, 2.75) is 45.1 Å². The van der Waals surface area contributed by atoms with E-state index >= 15 is 0 Å². The fourth-order valence-electron chi connectivity index (χ4n) is 2.80. The standard InChI is InChI=1S/C15H22ClNO2S/c1-12(14-7-9-15(16)10-8-14)17-20(18,19)11-13-5-3-2-4-6-13/h7-10,12-13,17H,2-6,11H2,1H3/t12-/m1/s1. The summed E-state index contributed by atoms with van der Waals surface area (Å²) >= 11 is 5.84. The molecule has 1 fully saturated rings. The summed E-state index contributed by atoms with van der Waals surface area (Å²) in [6.45, 7) is 1.86. The largest absolute Gasteiger partial charge is 0.212 e. The minimum Gasteiger partial charge on any atom is -0.212 e. The van der Waals surface area contributed by atoms with E-state index in [0.29, 0.717) is 10.9 Å². The molecule has 0 aliphatic heterocycles. The van der Waals surface area contributed by atoms with Crippen LogP contribution in [0, 0.1) is 5.92 Å². The van der Waals surface area contributed by atoms with Crippen LogP contribution < -0.4 is 4.72 Å². The van der Waals surface area contributed by atoms with Gasteiger partial charge in [0.25, 0.3) is 0 Å². The third-order valence-electron chi connectivity index (χ3n) is 3.91. The van der Waals surface area contributed by atoms with Gasteiger partial charge in [0.2, 0.25) is 10.0 Å². The number of benzene rings is 1. The lowest BCUT2D eigenvalue weighted by Gasteiger charge is -2.22. The Hall–Kier alpha value is -0.580. The Morgan fingerprint density at radius 3 is 2.40 bits per heavy atom. The van der Waals surface area contributed by atoms with Gasteiger partial charge in [-0.1, -0.05) is 43.0 Å². The number of hydrogen-bond acceptors (Lipinski definition) is 2.